The maximum absolute atomic E-state index is 11.4. The zero-order valence-electron chi connectivity index (χ0n) is 12.2. The molecular weight excluding hydrogens is 320 g/mol. The van der Waals surface area contributed by atoms with E-state index in [0.29, 0.717) is 5.56 Å². The Balaban J connectivity index is 2.25. The molecular formula is C15H21BrN2O2. The van der Waals surface area contributed by atoms with E-state index in [1.165, 1.54) is 19.3 Å². The van der Waals surface area contributed by atoms with Crippen LogP contribution in [0.15, 0.2) is 22.7 Å². The van der Waals surface area contributed by atoms with Crippen molar-refractivity contribution < 1.29 is 9.90 Å². The molecule has 0 bridgehead atoms. The fourth-order valence-electron chi connectivity index (χ4n) is 2.87. The van der Waals surface area contributed by atoms with Gasteiger partial charge in [-0.15, -0.1) is 0 Å². The Labute approximate surface area is 128 Å². The van der Waals surface area contributed by atoms with E-state index in [4.69, 9.17) is 0 Å². The Morgan fingerprint density at radius 3 is 2.45 bits per heavy atom. The fourth-order valence-corrected chi connectivity index (χ4v) is 3.23. The van der Waals surface area contributed by atoms with Gasteiger partial charge < -0.3 is 14.9 Å². The number of carboxylic acids is 1. The summed E-state index contributed by atoms with van der Waals surface area (Å²) in [6, 6.07) is 5.42. The van der Waals surface area contributed by atoms with Crippen LogP contribution < -0.4 is 4.90 Å². The molecule has 1 aliphatic rings. The summed E-state index contributed by atoms with van der Waals surface area (Å²) in [5.74, 6) is -0.888. The summed E-state index contributed by atoms with van der Waals surface area (Å²) in [5.41, 5.74) is 1.29. The van der Waals surface area contributed by atoms with Crippen molar-refractivity contribution in [2.75, 3.05) is 32.6 Å². The zero-order chi connectivity index (χ0) is 14.9. The van der Waals surface area contributed by atoms with Gasteiger partial charge in [-0.25, -0.2) is 4.79 Å². The second-order valence-corrected chi connectivity index (χ2v) is 6.71. The SMILES string of the molecule is CN(CC1(N(C)C)CCC1)c1ccc(Br)cc1C(=O)O. The summed E-state index contributed by atoms with van der Waals surface area (Å²) >= 11 is 3.33. The minimum atomic E-state index is -0.888. The summed E-state index contributed by atoms with van der Waals surface area (Å²) < 4.78 is 0.790. The zero-order valence-corrected chi connectivity index (χ0v) is 13.8. The quantitative estimate of drug-likeness (QED) is 0.894. The van der Waals surface area contributed by atoms with Gasteiger partial charge in [0.25, 0.3) is 0 Å². The van der Waals surface area contributed by atoms with Crippen molar-refractivity contribution in [1.29, 1.82) is 0 Å². The predicted molar refractivity (Wildman–Crippen MR) is 84.6 cm³/mol. The second-order valence-electron chi connectivity index (χ2n) is 5.80. The normalized spacial score (nSPS) is 16.9. The first-order valence-corrected chi connectivity index (χ1v) is 7.56. The lowest BCUT2D eigenvalue weighted by Gasteiger charge is -2.49. The predicted octanol–water partition coefficient (Wildman–Crippen LogP) is 3.07. The van der Waals surface area contributed by atoms with Gasteiger partial charge >= 0.3 is 5.97 Å². The largest absolute Gasteiger partial charge is 0.478 e. The van der Waals surface area contributed by atoms with Crippen molar-refractivity contribution in [3.05, 3.63) is 28.2 Å². The Morgan fingerprint density at radius 2 is 2.00 bits per heavy atom. The van der Waals surface area contributed by atoms with Crippen LogP contribution >= 0.6 is 15.9 Å². The Morgan fingerprint density at radius 1 is 1.35 bits per heavy atom. The van der Waals surface area contributed by atoms with Gasteiger partial charge in [-0.2, -0.15) is 0 Å². The highest BCUT2D eigenvalue weighted by Crippen LogP contribution is 2.38. The molecule has 4 nitrogen and oxygen atoms in total. The smallest absolute Gasteiger partial charge is 0.337 e. The molecule has 20 heavy (non-hydrogen) atoms. The number of aromatic carboxylic acids is 1. The van der Waals surface area contributed by atoms with E-state index in [1.54, 1.807) is 6.07 Å². The van der Waals surface area contributed by atoms with Crippen LogP contribution in [0.4, 0.5) is 5.69 Å². The fraction of sp³-hybridized carbons (Fsp3) is 0.533. The van der Waals surface area contributed by atoms with Crippen LogP contribution in [-0.4, -0.2) is 49.2 Å². The molecule has 0 heterocycles. The van der Waals surface area contributed by atoms with Crippen LogP contribution in [-0.2, 0) is 0 Å². The van der Waals surface area contributed by atoms with Crippen LogP contribution in [0.2, 0.25) is 0 Å². The minimum Gasteiger partial charge on any atom is -0.478 e. The first kappa shape index (κ1) is 15.3. The number of halogens is 1. The lowest BCUT2D eigenvalue weighted by atomic mass is 9.75. The van der Waals surface area contributed by atoms with E-state index >= 15 is 0 Å². The first-order chi connectivity index (χ1) is 9.35. The molecule has 0 saturated heterocycles. The number of carboxylic acid groups (broad SMARTS) is 1. The summed E-state index contributed by atoms with van der Waals surface area (Å²) in [5, 5.41) is 9.36. The van der Waals surface area contributed by atoms with E-state index in [2.05, 4.69) is 39.8 Å². The van der Waals surface area contributed by atoms with E-state index < -0.39 is 5.97 Å². The summed E-state index contributed by atoms with van der Waals surface area (Å²) in [7, 11) is 6.18. The van der Waals surface area contributed by atoms with Crippen molar-refractivity contribution >= 4 is 27.6 Å². The number of likely N-dealkylation sites (N-methyl/N-ethyl adjacent to an activating group) is 2. The molecule has 1 aliphatic carbocycles. The molecule has 1 N–H and O–H groups in total. The van der Waals surface area contributed by atoms with Crippen molar-refractivity contribution in [1.82, 2.24) is 4.90 Å². The molecule has 0 aromatic heterocycles. The average molecular weight is 341 g/mol. The molecule has 1 fully saturated rings. The van der Waals surface area contributed by atoms with Crippen LogP contribution in [0.5, 0.6) is 0 Å². The van der Waals surface area contributed by atoms with E-state index in [1.807, 2.05) is 19.2 Å². The summed E-state index contributed by atoms with van der Waals surface area (Å²) in [6.45, 7) is 0.849. The third-order valence-electron chi connectivity index (χ3n) is 4.36. The van der Waals surface area contributed by atoms with Gasteiger partial charge in [0.15, 0.2) is 0 Å². The van der Waals surface area contributed by atoms with Gasteiger partial charge in [-0.3, -0.25) is 0 Å². The summed E-state index contributed by atoms with van der Waals surface area (Å²) in [4.78, 5) is 15.7. The lowest BCUT2D eigenvalue weighted by molar-refractivity contribution is 0.0670. The van der Waals surface area contributed by atoms with Crippen LogP contribution in [0.25, 0.3) is 0 Å². The third kappa shape index (κ3) is 2.83. The van der Waals surface area contributed by atoms with Gasteiger partial charge in [0, 0.05) is 23.6 Å². The maximum Gasteiger partial charge on any atom is 0.337 e. The molecule has 0 amide bonds. The number of hydrogen-bond acceptors (Lipinski definition) is 3. The average Bonchev–Trinajstić information content (AvgIpc) is 2.32. The van der Waals surface area contributed by atoms with Gasteiger partial charge in [0.1, 0.15) is 0 Å². The number of rotatable bonds is 5. The van der Waals surface area contributed by atoms with Gasteiger partial charge in [-0.1, -0.05) is 15.9 Å². The van der Waals surface area contributed by atoms with Crippen molar-refractivity contribution in [2.24, 2.45) is 0 Å². The molecule has 1 saturated carbocycles. The third-order valence-corrected chi connectivity index (χ3v) is 4.86. The van der Waals surface area contributed by atoms with Crippen LogP contribution in [0, 0.1) is 0 Å². The number of anilines is 1. The summed E-state index contributed by atoms with van der Waals surface area (Å²) in [6.07, 6.45) is 3.59. The highest BCUT2D eigenvalue weighted by molar-refractivity contribution is 9.10. The maximum atomic E-state index is 11.4. The van der Waals surface area contributed by atoms with Gasteiger partial charge in [-0.05, 0) is 51.6 Å². The molecule has 0 atom stereocenters. The minimum absolute atomic E-state index is 0.178. The number of carbonyl (C=O) groups is 1. The van der Waals surface area contributed by atoms with E-state index in [0.717, 1.165) is 16.7 Å². The van der Waals surface area contributed by atoms with Gasteiger partial charge in [0.05, 0.1) is 11.3 Å². The Kier molecular flexibility index (Phi) is 4.39. The molecule has 110 valence electrons. The molecule has 0 aliphatic heterocycles. The molecule has 5 heteroatoms. The van der Waals surface area contributed by atoms with E-state index in [-0.39, 0.29) is 5.54 Å². The molecule has 1 aromatic rings. The lowest BCUT2D eigenvalue weighted by Crippen LogP contribution is -2.56. The topological polar surface area (TPSA) is 43.8 Å². The Hall–Kier alpha value is -1.07. The van der Waals surface area contributed by atoms with Crippen molar-refractivity contribution in [3.8, 4) is 0 Å². The van der Waals surface area contributed by atoms with Crippen molar-refractivity contribution in [2.45, 2.75) is 24.8 Å². The number of benzene rings is 1. The number of hydrogen-bond donors (Lipinski definition) is 1. The standard InChI is InChI=1S/C15H21BrN2O2/c1-17(2)15(7-4-8-15)10-18(3)13-6-5-11(16)9-12(13)14(19)20/h5-6,9H,4,7-8,10H2,1-3H3,(H,19,20). The molecule has 0 radical (unpaired) electrons. The highest BCUT2D eigenvalue weighted by Gasteiger charge is 2.40. The molecule has 0 spiro atoms. The van der Waals surface area contributed by atoms with Crippen LogP contribution in [0.1, 0.15) is 29.6 Å². The van der Waals surface area contributed by atoms with E-state index in [9.17, 15) is 9.90 Å². The first-order valence-electron chi connectivity index (χ1n) is 6.77. The monoisotopic (exact) mass is 340 g/mol. The van der Waals surface area contributed by atoms with Crippen molar-refractivity contribution in [3.63, 3.8) is 0 Å². The second kappa shape index (κ2) is 5.74. The van der Waals surface area contributed by atoms with Crippen LogP contribution in [0.3, 0.4) is 0 Å². The molecule has 1 aromatic carbocycles. The number of nitrogens with zero attached hydrogens (tertiary/aromatic N) is 2. The Bertz CT molecular complexity index is 513. The van der Waals surface area contributed by atoms with Gasteiger partial charge in [0.2, 0.25) is 0 Å². The molecule has 2 rings (SSSR count). The molecule has 0 unspecified atom stereocenters. The highest BCUT2D eigenvalue weighted by atomic mass is 79.9.